The zero-order chi connectivity index (χ0) is 19.1. The maximum absolute atomic E-state index is 13.5. The second-order valence-corrected chi connectivity index (χ2v) is 6.53. The number of ether oxygens (including phenoxy) is 1. The van der Waals surface area contributed by atoms with E-state index < -0.39 is 17.8 Å². The van der Waals surface area contributed by atoms with E-state index in [1.54, 1.807) is 25.1 Å². The fraction of sp³-hybridized carbons (Fsp3) is 0.222. The van der Waals surface area contributed by atoms with E-state index >= 15 is 0 Å². The predicted octanol–water partition coefficient (Wildman–Crippen LogP) is 3.38. The number of halogens is 2. The monoisotopic (exact) mass is 423 g/mol. The van der Waals surface area contributed by atoms with Crippen LogP contribution in [-0.4, -0.2) is 37.5 Å². The van der Waals surface area contributed by atoms with E-state index in [2.05, 4.69) is 26.6 Å². The van der Waals surface area contributed by atoms with E-state index in [1.807, 2.05) is 18.2 Å². The third kappa shape index (κ3) is 5.82. The molecular weight excluding hydrogens is 405 g/mol. The van der Waals surface area contributed by atoms with Gasteiger partial charge in [0.1, 0.15) is 11.6 Å². The third-order valence-corrected chi connectivity index (χ3v) is 3.96. The first-order valence-corrected chi connectivity index (χ1v) is 8.54. The number of amides is 3. The standard InChI is InChI=1S/C18H19BrFN3O3/c1-23(10-12-9-13(19)7-8-16(12)26-2)11-17(24)22-18(25)21-15-6-4-3-5-14(15)20/h3-9H,10-11H2,1-2H3,(H2,21,22,24,25). The van der Waals surface area contributed by atoms with Crippen LogP contribution >= 0.6 is 15.9 Å². The van der Waals surface area contributed by atoms with E-state index in [1.165, 1.54) is 18.2 Å². The first-order valence-electron chi connectivity index (χ1n) is 7.75. The molecular formula is C18H19BrFN3O3. The number of likely N-dealkylation sites (N-methyl/N-ethyl adjacent to an activating group) is 1. The summed E-state index contributed by atoms with van der Waals surface area (Å²) in [6.07, 6.45) is 0. The van der Waals surface area contributed by atoms with E-state index in [0.717, 1.165) is 10.0 Å². The fourth-order valence-corrected chi connectivity index (χ4v) is 2.75. The molecule has 0 saturated heterocycles. The molecule has 8 heteroatoms. The number of carbonyl (C=O) groups excluding carboxylic acids is 2. The largest absolute Gasteiger partial charge is 0.496 e. The molecule has 0 spiro atoms. The Kier molecular flexibility index (Phi) is 7.11. The zero-order valence-corrected chi connectivity index (χ0v) is 16.0. The van der Waals surface area contributed by atoms with Gasteiger partial charge >= 0.3 is 6.03 Å². The van der Waals surface area contributed by atoms with Crippen LogP contribution in [0.2, 0.25) is 0 Å². The summed E-state index contributed by atoms with van der Waals surface area (Å²) in [6, 6.07) is 10.5. The lowest BCUT2D eigenvalue weighted by molar-refractivity contribution is -0.120. The van der Waals surface area contributed by atoms with Gasteiger partial charge in [-0.2, -0.15) is 0 Å². The summed E-state index contributed by atoms with van der Waals surface area (Å²) >= 11 is 3.40. The van der Waals surface area contributed by atoms with Crippen LogP contribution in [0.3, 0.4) is 0 Å². The summed E-state index contributed by atoms with van der Waals surface area (Å²) in [5, 5.41) is 4.47. The van der Waals surface area contributed by atoms with Crippen LogP contribution in [0.25, 0.3) is 0 Å². The number of methoxy groups -OCH3 is 1. The number of hydrogen-bond donors (Lipinski definition) is 2. The van der Waals surface area contributed by atoms with Gasteiger partial charge in [0.2, 0.25) is 5.91 Å². The maximum Gasteiger partial charge on any atom is 0.326 e. The fourth-order valence-electron chi connectivity index (χ4n) is 2.34. The Morgan fingerprint density at radius 2 is 1.96 bits per heavy atom. The van der Waals surface area contributed by atoms with Crippen LogP contribution in [0.15, 0.2) is 46.9 Å². The average Bonchev–Trinajstić information content (AvgIpc) is 2.56. The lowest BCUT2D eigenvalue weighted by Gasteiger charge is -2.18. The molecule has 2 N–H and O–H groups in total. The maximum atomic E-state index is 13.5. The Morgan fingerprint density at radius 3 is 2.65 bits per heavy atom. The van der Waals surface area contributed by atoms with Crippen molar-refractivity contribution >= 4 is 33.6 Å². The van der Waals surface area contributed by atoms with Gasteiger partial charge in [0.25, 0.3) is 0 Å². The van der Waals surface area contributed by atoms with E-state index in [-0.39, 0.29) is 12.2 Å². The molecule has 0 aromatic heterocycles. The molecule has 6 nitrogen and oxygen atoms in total. The molecule has 26 heavy (non-hydrogen) atoms. The van der Waals surface area contributed by atoms with Gasteiger partial charge in [-0.05, 0) is 37.4 Å². The number of hydrogen-bond acceptors (Lipinski definition) is 4. The van der Waals surface area contributed by atoms with Gasteiger partial charge in [-0.15, -0.1) is 0 Å². The second-order valence-electron chi connectivity index (χ2n) is 5.61. The molecule has 0 aliphatic carbocycles. The Hall–Kier alpha value is -2.45. The van der Waals surface area contributed by atoms with Crippen LogP contribution in [0, 0.1) is 5.82 Å². The molecule has 0 heterocycles. The molecule has 0 aliphatic rings. The summed E-state index contributed by atoms with van der Waals surface area (Å²) in [5.74, 6) is -0.373. The summed E-state index contributed by atoms with van der Waals surface area (Å²) in [6.45, 7) is 0.436. The molecule has 0 saturated carbocycles. The highest BCUT2D eigenvalue weighted by Crippen LogP contribution is 2.23. The molecule has 3 amide bonds. The number of anilines is 1. The minimum absolute atomic E-state index is 0.00465. The van der Waals surface area contributed by atoms with Crippen molar-refractivity contribution in [2.75, 3.05) is 26.0 Å². The normalized spacial score (nSPS) is 10.5. The molecule has 0 unspecified atom stereocenters. The molecule has 0 radical (unpaired) electrons. The zero-order valence-electron chi connectivity index (χ0n) is 14.4. The summed E-state index contributed by atoms with van der Waals surface area (Å²) in [5.41, 5.74) is 0.901. The highest BCUT2D eigenvalue weighted by molar-refractivity contribution is 9.10. The molecule has 0 atom stereocenters. The number of urea groups is 1. The number of imide groups is 1. The van der Waals surface area contributed by atoms with Crippen LogP contribution in [0.5, 0.6) is 5.75 Å². The highest BCUT2D eigenvalue weighted by Gasteiger charge is 2.14. The first-order chi connectivity index (χ1) is 12.4. The molecule has 138 valence electrons. The van der Waals surface area contributed by atoms with Gasteiger partial charge < -0.3 is 10.1 Å². The lowest BCUT2D eigenvalue weighted by Crippen LogP contribution is -2.40. The Labute approximate surface area is 159 Å². The van der Waals surface area contributed by atoms with E-state index in [9.17, 15) is 14.0 Å². The van der Waals surface area contributed by atoms with Gasteiger partial charge in [-0.1, -0.05) is 28.1 Å². The third-order valence-electron chi connectivity index (χ3n) is 3.47. The Morgan fingerprint density at radius 1 is 1.23 bits per heavy atom. The smallest absolute Gasteiger partial charge is 0.326 e. The van der Waals surface area contributed by atoms with Crippen molar-refractivity contribution in [3.8, 4) is 5.75 Å². The van der Waals surface area contributed by atoms with E-state index in [0.29, 0.717) is 12.3 Å². The molecule has 2 aromatic rings. The first kappa shape index (κ1) is 19.9. The van der Waals surface area contributed by atoms with Crippen molar-refractivity contribution in [2.24, 2.45) is 0 Å². The van der Waals surface area contributed by atoms with Crippen molar-refractivity contribution in [1.29, 1.82) is 0 Å². The molecule has 0 aliphatic heterocycles. The van der Waals surface area contributed by atoms with Crippen molar-refractivity contribution < 1.29 is 18.7 Å². The number of para-hydroxylation sites is 1. The van der Waals surface area contributed by atoms with Crippen LogP contribution in [-0.2, 0) is 11.3 Å². The number of rotatable bonds is 6. The molecule has 0 bridgehead atoms. The summed E-state index contributed by atoms with van der Waals surface area (Å²) < 4.78 is 19.7. The SMILES string of the molecule is COc1ccc(Br)cc1CN(C)CC(=O)NC(=O)Nc1ccccc1F. The van der Waals surface area contributed by atoms with Crippen molar-refractivity contribution in [2.45, 2.75) is 6.54 Å². The topological polar surface area (TPSA) is 70.7 Å². The quantitative estimate of drug-likeness (QED) is 0.746. The van der Waals surface area contributed by atoms with Gasteiger partial charge in [-0.25, -0.2) is 9.18 Å². The Balaban J connectivity index is 1.88. The van der Waals surface area contributed by atoms with Crippen molar-refractivity contribution in [3.63, 3.8) is 0 Å². The number of nitrogens with zero attached hydrogens (tertiary/aromatic N) is 1. The summed E-state index contributed by atoms with van der Waals surface area (Å²) in [7, 11) is 3.32. The highest BCUT2D eigenvalue weighted by atomic mass is 79.9. The summed E-state index contributed by atoms with van der Waals surface area (Å²) in [4.78, 5) is 25.5. The average molecular weight is 424 g/mol. The van der Waals surface area contributed by atoms with Crippen LogP contribution < -0.4 is 15.4 Å². The Bertz CT molecular complexity index is 801. The molecule has 2 rings (SSSR count). The number of carbonyl (C=O) groups is 2. The minimum Gasteiger partial charge on any atom is -0.496 e. The molecule has 2 aromatic carbocycles. The number of nitrogens with one attached hydrogen (secondary N) is 2. The van der Waals surface area contributed by atoms with Gasteiger partial charge in [0, 0.05) is 16.6 Å². The predicted molar refractivity (Wildman–Crippen MR) is 101 cm³/mol. The van der Waals surface area contributed by atoms with Gasteiger partial charge in [0.05, 0.1) is 19.3 Å². The molecule has 0 fully saturated rings. The minimum atomic E-state index is -0.784. The van der Waals surface area contributed by atoms with Crippen molar-refractivity contribution in [3.05, 3.63) is 58.3 Å². The lowest BCUT2D eigenvalue weighted by atomic mass is 10.2. The van der Waals surface area contributed by atoms with Gasteiger partial charge in [0.15, 0.2) is 0 Å². The van der Waals surface area contributed by atoms with Crippen molar-refractivity contribution in [1.82, 2.24) is 10.2 Å². The van der Waals surface area contributed by atoms with E-state index in [4.69, 9.17) is 4.74 Å². The van der Waals surface area contributed by atoms with Gasteiger partial charge in [-0.3, -0.25) is 15.0 Å². The van der Waals surface area contributed by atoms with Crippen LogP contribution in [0.4, 0.5) is 14.9 Å². The van der Waals surface area contributed by atoms with Crippen LogP contribution in [0.1, 0.15) is 5.56 Å². The second kappa shape index (κ2) is 9.30. The number of benzene rings is 2.